The average molecular weight is 349 g/mol. The minimum Gasteiger partial charge on any atom is -0.382 e. The molecule has 136 valence electrons. The lowest BCUT2D eigenvalue weighted by Crippen LogP contribution is -2.55. The van der Waals surface area contributed by atoms with Crippen LogP contribution in [0.3, 0.4) is 0 Å². The molecule has 1 amide bonds. The number of methoxy groups -OCH3 is 1. The molecule has 1 atom stereocenters. The van der Waals surface area contributed by atoms with E-state index >= 15 is 0 Å². The number of morpholine rings is 1. The molecule has 0 aliphatic carbocycles. The number of halogens is 3. The highest BCUT2D eigenvalue weighted by Crippen LogP contribution is 2.23. The Balaban J connectivity index is 2.03. The van der Waals surface area contributed by atoms with E-state index in [0.29, 0.717) is 19.7 Å². The maximum atomic E-state index is 12.6. The first-order valence-corrected chi connectivity index (χ1v) is 7.65. The molecule has 24 heavy (non-hydrogen) atoms. The molecule has 0 unspecified atom stereocenters. The van der Waals surface area contributed by atoms with Crippen LogP contribution in [0, 0.1) is 0 Å². The van der Waals surface area contributed by atoms with Gasteiger partial charge in [-0.3, -0.25) is 9.48 Å². The van der Waals surface area contributed by atoms with Crippen molar-refractivity contribution in [2.75, 3.05) is 26.8 Å². The fourth-order valence-corrected chi connectivity index (χ4v) is 2.74. The average Bonchev–Trinajstić information content (AvgIpc) is 2.91. The van der Waals surface area contributed by atoms with Gasteiger partial charge in [-0.1, -0.05) is 0 Å². The Morgan fingerprint density at radius 3 is 2.83 bits per heavy atom. The Hall–Kier alpha value is -1.61. The molecule has 1 saturated heterocycles. The molecule has 0 spiro atoms. The van der Waals surface area contributed by atoms with Crippen molar-refractivity contribution in [3.63, 3.8) is 0 Å². The normalized spacial score (nSPS) is 21.1. The molecule has 0 aromatic carbocycles. The number of aryl methyl sites for hydroxylation is 1. The first-order valence-electron chi connectivity index (χ1n) is 7.65. The summed E-state index contributed by atoms with van der Waals surface area (Å²) in [4.78, 5) is 14.2. The highest BCUT2D eigenvalue weighted by Gasteiger charge is 2.36. The van der Waals surface area contributed by atoms with E-state index < -0.39 is 18.2 Å². The van der Waals surface area contributed by atoms with E-state index in [1.165, 1.54) is 12.4 Å². The summed E-state index contributed by atoms with van der Waals surface area (Å²) in [6, 6.07) is 0. The van der Waals surface area contributed by atoms with E-state index in [9.17, 15) is 18.0 Å². The standard InChI is InChI=1S/C15H22F3N3O3/c1-14(2)10-20(8-12(24-14)9-23-3)13(22)11-6-19-21(7-11)5-4-15(16,17)18/h6-7,12H,4-5,8-10H2,1-3H3/t12-/m0/s1. The molecule has 0 bridgehead atoms. The minimum atomic E-state index is -4.25. The molecule has 0 radical (unpaired) electrons. The van der Waals surface area contributed by atoms with Crippen LogP contribution in [0.25, 0.3) is 0 Å². The van der Waals surface area contributed by atoms with Crippen LogP contribution in [0.5, 0.6) is 0 Å². The van der Waals surface area contributed by atoms with Crippen molar-refractivity contribution in [2.24, 2.45) is 0 Å². The maximum absolute atomic E-state index is 12.6. The van der Waals surface area contributed by atoms with Gasteiger partial charge in [-0.15, -0.1) is 0 Å². The van der Waals surface area contributed by atoms with Crippen molar-refractivity contribution in [1.29, 1.82) is 0 Å². The summed E-state index contributed by atoms with van der Waals surface area (Å²) in [5, 5.41) is 3.84. The molecule has 0 saturated carbocycles. The molecule has 6 nitrogen and oxygen atoms in total. The summed E-state index contributed by atoms with van der Waals surface area (Å²) in [5.74, 6) is -0.272. The molecule has 2 heterocycles. The number of carbonyl (C=O) groups excluding carboxylic acids is 1. The zero-order valence-corrected chi connectivity index (χ0v) is 14.0. The fraction of sp³-hybridized carbons (Fsp3) is 0.733. The van der Waals surface area contributed by atoms with Crippen LogP contribution in [-0.4, -0.2) is 65.3 Å². The molecule has 9 heteroatoms. The van der Waals surface area contributed by atoms with E-state index in [2.05, 4.69) is 5.10 Å². The third-order valence-electron chi connectivity index (χ3n) is 3.63. The molecular formula is C15H22F3N3O3. The van der Waals surface area contributed by atoms with E-state index in [1.807, 2.05) is 13.8 Å². The van der Waals surface area contributed by atoms with Crippen LogP contribution in [0.2, 0.25) is 0 Å². The first kappa shape index (κ1) is 18.7. The zero-order chi connectivity index (χ0) is 18.0. The number of ether oxygens (including phenoxy) is 2. The number of carbonyl (C=O) groups is 1. The molecule has 1 fully saturated rings. The van der Waals surface area contributed by atoms with E-state index in [4.69, 9.17) is 9.47 Å². The minimum absolute atomic E-state index is 0.247. The topological polar surface area (TPSA) is 56.6 Å². The van der Waals surface area contributed by atoms with Crippen molar-refractivity contribution >= 4 is 5.91 Å². The fourth-order valence-electron chi connectivity index (χ4n) is 2.74. The molecule has 2 rings (SSSR count). The van der Waals surface area contributed by atoms with Gasteiger partial charge >= 0.3 is 6.18 Å². The summed E-state index contributed by atoms with van der Waals surface area (Å²) in [6.45, 7) is 4.56. The lowest BCUT2D eigenvalue weighted by atomic mass is 10.0. The van der Waals surface area contributed by atoms with Gasteiger partial charge in [0, 0.05) is 32.9 Å². The van der Waals surface area contributed by atoms with Gasteiger partial charge in [0.25, 0.3) is 5.91 Å². The van der Waals surface area contributed by atoms with Gasteiger partial charge in [-0.25, -0.2) is 0 Å². The predicted octanol–water partition coefficient (Wildman–Crippen LogP) is 2.10. The second kappa shape index (κ2) is 7.10. The maximum Gasteiger partial charge on any atom is 0.390 e. The summed E-state index contributed by atoms with van der Waals surface area (Å²) in [6.07, 6.45) is -2.84. The number of rotatable bonds is 5. The summed E-state index contributed by atoms with van der Waals surface area (Å²) in [7, 11) is 1.56. The van der Waals surface area contributed by atoms with Crippen molar-refractivity contribution in [1.82, 2.24) is 14.7 Å². The number of alkyl halides is 3. The van der Waals surface area contributed by atoms with E-state index in [-0.39, 0.29) is 24.1 Å². The Kier molecular flexibility index (Phi) is 5.54. The van der Waals surface area contributed by atoms with Crippen LogP contribution >= 0.6 is 0 Å². The van der Waals surface area contributed by atoms with Gasteiger partial charge in [-0.05, 0) is 13.8 Å². The van der Waals surface area contributed by atoms with E-state index in [0.717, 1.165) is 4.68 Å². The van der Waals surface area contributed by atoms with Gasteiger partial charge < -0.3 is 14.4 Å². The third kappa shape index (κ3) is 5.20. The molecule has 1 aromatic rings. The van der Waals surface area contributed by atoms with Crippen LogP contribution in [-0.2, 0) is 16.0 Å². The Morgan fingerprint density at radius 2 is 2.21 bits per heavy atom. The first-order chi connectivity index (χ1) is 11.1. The molecule has 1 aliphatic heterocycles. The Morgan fingerprint density at radius 1 is 1.50 bits per heavy atom. The molecule has 1 aliphatic rings. The quantitative estimate of drug-likeness (QED) is 0.817. The van der Waals surface area contributed by atoms with E-state index in [1.54, 1.807) is 12.0 Å². The van der Waals surface area contributed by atoms with Crippen molar-refractivity contribution in [3.05, 3.63) is 18.0 Å². The smallest absolute Gasteiger partial charge is 0.382 e. The SMILES string of the molecule is COC[C@@H]1CN(C(=O)c2cnn(CCC(F)(F)F)c2)CC(C)(C)O1. The lowest BCUT2D eigenvalue weighted by Gasteiger charge is -2.42. The second-order valence-electron chi connectivity index (χ2n) is 6.50. The van der Waals surface area contributed by atoms with Gasteiger partial charge in [-0.2, -0.15) is 18.3 Å². The van der Waals surface area contributed by atoms with Crippen LogP contribution in [0.1, 0.15) is 30.6 Å². The van der Waals surface area contributed by atoms with Gasteiger partial charge in [0.1, 0.15) is 0 Å². The summed E-state index contributed by atoms with van der Waals surface area (Å²) >= 11 is 0. The van der Waals surface area contributed by atoms with Gasteiger partial charge in [0.05, 0.1) is 36.5 Å². The number of hydrogen-bond acceptors (Lipinski definition) is 4. The van der Waals surface area contributed by atoms with Crippen LogP contribution in [0.15, 0.2) is 12.4 Å². The number of aromatic nitrogens is 2. The van der Waals surface area contributed by atoms with Crippen molar-refractivity contribution < 1.29 is 27.4 Å². The van der Waals surface area contributed by atoms with Gasteiger partial charge in [0.2, 0.25) is 0 Å². The summed E-state index contributed by atoms with van der Waals surface area (Å²) < 4.78 is 48.8. The summed E-state index contributed by atoms with van der Waals surface area (Å²) in [5.41, 5.74) is -0.255. The van der Waals surface area contributed by atoms with Crippen LogP contribution in [0.4, 0.5) is 13.2 Å². The second-order valence-corrected chi connectivity index (χ2v) is 6.50. The number of nitrogens with zero attached hydrogens (tertiary/aromatic N) is 3. The Labute approximate surface area is 138 Å². The van der Waals surface area contributed by atoms with Gasteiger partial charge in [0.15, 0.2) is 0 Å². The third-order valence-corrected chi connectivity index (χ3v) is 3.63. The number of hydrogen-bond donors (Lipinski definition) is 0. The molecular weight excluding hydrogens is 327 g/mol. The monoisotopic (exact) mass is 349 g/mol. The largest absolute Gasteiger partial charge is 0.390 e. The highest BCUT2D eigenvalue weighted by atomic mass is 19.4. The highest BCUT2D eigenvalue weighted by molar-refractivity contribution is 5.93. The lowest BCUT2D eigenvalue weighted by molar-refractivity contribution is -0.143. The van der Waals surface area contributed by atoms with Crippen LogP contribution < -0.4 is 0 Å². The zero-order valence-electron chi connectivity index (χ0n) is 14.0. The molecule has 0 N–H and O–H groups in total. The van der Waals surface area contributed by atoms with Crippen molar-refractivity contribution in [3.8, 4) is 0 Å². The Bertz CT molecular complexity index is 572. The number of amides is 1. The molecule has 1 aromatic heterocycles. The van der Waals surface area contributed by atoms with Crippen molar-refractivity contribution in [2.45, 2.75) is 44.7 Å². The predicted molar refractivity (Wildman–Crippen MR) is 79.6 cm³/mol.